The van der Waals surface area contributed by atoms with Gasteiger partial charge in [0.05, 0.1) is 25.7 Å². The quantitative estimate of drug-likeness (QED) is 0.710. The van der Waals surface area contributed by atoms with Gasteiger partial charge in [-0.1, -0.05) is 42.5 Å². The van der Waals surface area contributed by atoms with E-state index in [9.17, 15) is 4.79 Å². The molecular weight excluding hydrogens is 314 g/mol. The van der Waals surface area contributed by atoms with Crippen molar-refractivity contribution in [1.29, 1.82) is 0 Å². The maximum absolute atomic E-state index is 12.8. The summed E-state index contributed by atoms with van der Waals surface area (Å²) in [6.07, 6.45) is 0.806. The predicted octanol–water partition coefficient (Wildman–Crippen LogP) is 3.56. The number of rotatable bonds is 9. The molecular formula is C21H27NO3. The van der Waals surface area contributed by atoms with Gasteiger partial charge in [-0.25, -0.2) is 0 Å². The van der Waals surface area contributed by atoms with Gasteiger partial charge in [-0.05, 0) is 43.5 Å². The topological polar surface area (TPSA) is 47.6 Å². The molecule has 2 aromatic carbocycles. The highest BCUT2D eigenvalue weighted by Gasteiger charge is 2.21. The monoisotopic (exact) mass is 341 g/mol. The van der Waals surface area contributed by atoms with Gasteiger partial charge in [0.1, 0.15) is 5.75 Å². The molecule has 1 atom stereocenters. The molecule has 1 amide bonds. The van der Waals surface area contributed by atoms with Crippen molar-refractivity contribution >= 4 is 5.91 Å². The Labute approximate surface area is 150 Å². The number of amides is 1. The standard InChI is InChI=1S/C21H27NO3/c1-16(2)25-13-12-22-21(23)20(14-17-8-5-4-6-9-17)18-10-7-11-19(15-18)24-3/h4-11,15-16,20H,12-14H2,1-3H3,(H,22,23). The molecule has 0 fully saturated rings. The van der Waals surface area contributed by atoms with E-state index in [4.69, 9.17) is 9.47 Å². The second kappa shape index (κ2) is 9.84. The van der Waals surface area contributed by atoms with Gasteiger partial charge in [0, 0.05) is 6.54 Å². The predicted molar refractivity (Wildman–Crippen MR) is 100.0 cm³/mol. The van der Waals surface area contributed by atoms with Crippen LogP contribution in [0.5, 0.6) is 5.75 Å². The van der Waals surface area contributed by atoms with Crippen LogP contribution in [0.1, 0.15) is 30.9 Å². The van der Waals surface area contributed by atoms with Gasteiger partial charge in [0.15, 0.2) is 0 Å². The molecule has 0 saturated carbocycles. The fourth-order valence-corrected chi connectivity index (χ4v) is 2.66. The first-order valence-corrected chi connectivity index (χ1v) is 8.67. The van der Waals surface area contributed by atoms with E-state index in [0.717, 1.165) is 16.9 Å². The lowest BCUT2D eigenvalue weighted by molar-refractivity contribution is -0.122. The smallest absolute Gasteiger partial charge is 0.227 e. The average Bonchev–Trinajstić information content (AvgIpc) is 2.64. The van der Waals surface area contributed by atoms with Crippen LogP contribution in [-0.2, 0) is 16.0 Å². The van der Waals surface area contributed by atoms with Crippen molar-refractivity contribution < 1.29 is 14.3 Å². The van der Waals surface area contributed by atoms with E-state index in [-0.39, 0.29) is 17.9 Å². The van der Waals surface area contributed by atoms with Gasteiger partial charge in [-0.15, -0.1) is 0 Å². The highest BCUT2D eigenvalue weighted by molar-refractivity contribution is 5.84. The molecule has 0 spiro atoms. The Morgan fingerprint density at radius 3 is 2.52 bits per heavy atom. The normalized spacial score (nSPS) is 12.0. The summed E-state index contributed by atoms with van der Waals surface area (Å²) in [5.41, 5.74) is 2.08. The van der Waals surface area contributed by atoms with Crippen LogP contribution in [0, 0.1) is 0 Å². The van der Waals surface area contributed by atoms with E-state index in [0.29, 0.717) is 19.6 Å². The molecule has 0 aliphatic rings. The Morgan fingerprint density at radius 1 is 1.08 bits per heavy atom. The molecule has 0 aromatic heterocycles. The van der Waals surface area contributed by atoms with E-state index in [2.05, 4.69) is 5.32 Å². The second-order valence-electron chi connectivity index (χ2n) is 6.23. The fourth-order valence-electron chi connectivity index (χ4n) is 2.66. The first kappa shape index (κ1) is 19.0. The molecule has 1 unspecified atom stereocenters. The molecule has 0 bridgehead atoms. The Hall–Kier alpha value is -2.33. The fraction of sp³-hybridized carbons (Fsp3) is 0.381. The molecule has 0 aliphatic heterocycles. The average molecular weight is 341 g/mol. The molecule has 0 heterocycles. The molecule has 4 heteroatoms. The van der Waals surface area contributed by atoms with Crippen LogP contribution in [-0.4, -0.2) is 32.3 Å². The highest BCUT2D eigenvalue weighted by Crippen LogP contribution is 2.25. The minimum absolute atomic E-state index is 0.00413. The lowest BCUT2D eigenvalue weighted by atomic mass is 9.91. The summed E-state index contributed by atoms with van der Waals surface area (Å²) < 4.78 is 10.8. The molecule has 0 aliphatic carbocycles. The molecule has 2 rings (SSSR count). The van der Waals surface area contributed by atoms with Crippen LogP contribution in [0.3, 0.4) is 0 Å². The number of methoxy groups -OCH3 is 1. The van der Waals surface area contributed by atoms with Gasteiger partial charge in [-0.3, -0.25) is 4.79 Å². The van der Waals surface area contributed by atoms with Crippen molar-refractivity contribution in [2.45, 2.75) is 32.3 Å². The number of nitrogens with one attached hydrogen (secondary N) is 1. The maximum atomic E-state index is 12.8. The van der Waals surface area contributed by atoms with E-state index in [1.54, 1.807) is 7.11 Å². The summed E-state index contributed by atoms with van der Waals surface area (Å²) in [5, 5.41) is 2.99. The maximum Gasteiger partial charge on any atom is 0.227 e. The lowest BCUT2D eigenvalue weighted by Crippen LogP contribution is -2.33. The molecule has 1 N–H and O–H groups in total. The first-order valence-electron chi connectivity index (χ1n) is 8.67. The molecule has 25 heavy (non-hydrogen) atoms. The van der Waals surface area contributed by atoms with E-state index in [1.807, 2.05) is 68.4 Å². The van der Waals surface area contributed by atoms with Crippen molar-refractivity contribution in [3.8, 4) is 5.75 Å². The van der Waals surface area contributed by atoms with Crippen LogP contribution in [0.4, 0.5) is 0 Å². The number of carbonyl (C=O) groups excluding carboxylic acids is 1. The second-order valence-corrected chi connectivity index (χ2v) is 6.23. The minimum atomic E-state index is -0.267. The number of hydrogen-bond acceptors (Lipinski definition) is 3. The van der Waals surface area contributed by atoms with Gasteiger partial charge in [0.25, 0.3) is 0 Å². The third-order valence-electron chi connectivity index (χ3n) is 3.95. The van der Waals surface area contributed by atoms with Crippen molar-refractivity contribution in [3.63, 3.8) is 0 Å². The Morgan fingerprint density at radius 2 is 1.84 bits per heavy atom. The zero-order valence-electron chi connectivity index (χ0n) is 15.2. The summed E-state index contributed by atoms with van der Waals surface area (Å²) in [5.74, 6) is 0.493. The summed E-state index contributed by atoms with van der Waals surface area (Å²) in [7, 11) is 1.63. The van der Waals surface area contributed by atoms with Crippen LogP contribution in [0.25, 0.3) is 0 Å². The minimum Gasteiger partial charge on any atom is -0.497 e. The number of ether oxygens (including phenoxy) is 2. The molecule has 4 nitrogen and oxygen atoms in total. The Kier molecular flexibility index (Phi) is 7.48. The van der Waals surface area contributed by atoms with Crippen molar-refractivity contribution in [3.05, 3.63) is 65.7 Å². The van der Waals surface area contributed by atoms with Gasteiger partial charge in [-0.2, -0.15) is 0 Å². The molecule has 0 saturated heterocycles. The van der Waals surface area contributed by atoms with Crippen LogP contribution < -0.4 is 10.1 Å². The number of carbonyl (C=O) groups is 1. The van der Waals surface area contributed by atoms with Crippen molar-refractivity contribution in [1.82, 2.24) is 5.32 Å². The van der Waals surface area contributed by atoms with Crippen molar-refractivity contribution in [2.24, 2.45) is 0 Å². The van der Waals surface area contributed by atoms with Gasteiger partial charge < -0.3 is 14.8 Å². The molecule has 0 radical (unpaired) electrons. The van der Waals surface area contributed by atoms with Crippen LogP contribution in [0.15, 0.2) is 54.6 Å². The Balaban J connectivity index is 2.12. The SMILES string of the molecule is COc1cccc(C(Cc2ccccc2)C(=O)NCCOC(C)C)c1. The summed E-state index contributed by atoms with van der Waals surface area (Å²) in [6, 6.07) is 17.8. The van der Waals surface area contributed by atoms with E-state index < -0.39 is 0 Å². The van der Waals surface area contributed by atoms with Crippen LogP contribution >= 0.6 is 0 Å². The highest BCUT2D eigenvalue weighted by atomic mass is 16.5. The van der Waals surface area contributed by atoms with Crippen molar-refractivity contribution in [2.75, 3.05) is 20.3 Å². The van der Waals surface area contributed by atoms with Gasteiger partial charge >= 0.3 is 0 Å². The van der Waals surface area contributed by atoms with Gasteiger partial charge in [0.2, 0.25) is 5.91 Å². The third kappa shape index (κ3) is 6.24. The third-order valence-corrected chi connectivity index (χ3v) is 3.95. The lowest BCUT2D eigenvalue weighted by Gasteiger charge is -2.18. The first-order chi connectivity index (χ1) is 12.1. The summed E-state index contributed by atoms with van der Waals surface area (Å²) in [4.78, 5) is 12.8. The largest absolute Gasteiger partial charge is 0.497 e. The van der Waals surface area contributed by atoms with E-state index in [1.165, 1.54) is 0 Å². The van der Waals surface area contributed by atoms with E-state index >= 15 is 0 Å². The summed E-state index contributed by atoms with van der Waals surface area (Å²) in [6.45, 7) is 4.98. The number of hydrogen-bond donors (Lipinski definition) is 1. The molecule has 2 aromatic rings. The van der Waals surface area contributed by atoms with Crippen LogP contribution in [0.2, 0.25) is 0 Å². The zero-order chi connectivity index (χ0) is 18.1. The molecule has 134 valence electrons. The number of benzene rings is 2. The summed E-state index contributed by atoms with van der Waals surface area (Å²) >= 11 is 0. The zero-order valence-corrected chi connectivity index (χ0v) is 15.2. The Bertz CT molecular complexity index is 655.